The third-order valence-corrected chi connectivity index (χ3v) is 10.0. The molecule has 116 valence electrons. The summed E-state index contributed by atoms with van der Waals surface area (Å²) in [6.07, 6.45) is 0. The minimum absolute atomic E-state index is 0.0892. The van der Waals surface area contributed by atoms with Crippen LogP contribution in [0.2, 0.25) is 18.1 Å². The number of hydrogen-bond donors (Lipinski definition) is 1. The van der Waals surface area contributed by atoms with Crippen LogP contribution in [0, 0.1) is 0 Å². The number of rotatable bonds is 3. The van der Waals surface area contributed by atoms with Crippen molar-refractivity contribution in [2.75, 3.05) is 0 Å². The van der Waals surface area contributed by atoms with Crippen LogP contribution in [0.5, 0.6) is 0 Å². The molecule has 0 atom stereocenters. The van der Waals surface area contributed by atoms with Crippen molar-refractivity contribution in [1.29, 1.82) is 0 Å². The highest BCUT2D eigenvalue weighted by Gasteiger charge is 2.41. The summed E-state index contributed by atoms with van der Waals surface area (Å²) in [5.41, 5.74) is 3.14. The van der Waals surface area contributed by atoms with Crippen molar-refractivity contribution in [3.8, 4) is 0 Å². The molecule has 0 aliphatic rings. The molecule has 2 heteroatoms. The molecule has 0 spiro atoms. The number of benzene rings is 2. The van der Waals surface area contributed by atoms with Gasteiger partial charge in [0.25, 0.3) is 0 Å². The molecule has 0 bridgehead atoms. The van der Waals surface area contributed by atoms with E-state index in [1.165, 1.54) is 0 Å². The SMILES string of the molecule is CC(C)(C)[Si](C)(C)C(O)=C(c1ccccc1)c1ccccc1. The fourth-order valence-corrected chi connectivity index (χ4v) is 3.94. The summed E-state index contributed by atoms with van der Waals surface area (Å²) >= 11 is 0. The van der Waals surface area contributed by atoms with Gasteiger partial charge < -0.3 is 5.11 Å². The van der Waals surface area contributed by atoms with Gasteiger partial charge >= 0.3 is 0 Å². The Hall–Kier alpha value is -1.80. The zero-order valence-corrected chi connectivity index (χ0v) is 15.2. The molecule has 0 amide bonds. The van der Waals surface area contributed by atoms with Crippen molar-refractivity contribution >= 4 is 13.6 Å². The highest BCUT2D eigenvalue weighted by atomic mass is 28.3. The molecule has 0 aromatic heterocycles. The lowest BCUT2D eigenvalue weighted by atomic mass is 9.99. The quantitative estimate of drug-likeness (QED) is 0.540. The summed E-state index contributed by atoms with van der Waals surface area (Å²) in [4.78, 5) is 0. The van der Waals surface area contributed by atoms with E-state index in [4.69, 9.17) is 0 Å². The summed E-state index contributed by atoms with van der Waals surface area (Å²) < 4.78 is 0. The van der Waals surface area contributed by atoms with Gasteiger partial charge in [-0.1, -0.05) is 94.5 Å². The predicted molar refractivity (Wildman–Crippen MR) is 98.7 cm³/mol. The number of hydrogen-bond acceptors (Lipinski definition) is 1. The first-order valence-corrected chi connectivity index (χ1v) is 10.8. The standard InChI is InChI=1S/C20H26OSi/c1-20(2,3)22(4,5)19(21)18(16-12-8-6-9-13-16)17-14-10-7-11-15-17/h6-15,21H,1-5H3. The molecule has 0 fully saturated rings. The van der Waals surface area contributed by atoms with Crippen molar-refractivity contribution in [3.05, 3.63) is 77.2 Å². The average Bonchev–Trinajstić information content (AvgIpc) is 2.48. The Bertz CT molecular complexity index is 608. The molecule has 0 saturated carbocycles. The Morgan fingerprint density at radius 1 is 0.773 bits per heavy atom. The Labute approximate surface area is 135 Å². The Morgan fingerprint density at radius 2 is 1.14 bits per heavy atom. The molecule has 0 aliphatic carbocycles. The molecule has 2 aromatic rings. The fourth-order valence-electron chi connectivity index (χ4n) is 2.32. The van der Waals surface area contributed by atoms with Gasteiger partial charge in [0.15, 0.2) is 0 Å². The molecular weight excluding hydrogens is 284 g/mol. The highest BCUT2D eigenvalue weighted by Crippen LogP contribution is 2.43. The maximum atomic E-state index is 11.2. The first-order chi connectivity index (χ1) is 10.2. The zero-order chi connectivity index (χ0) is 16.4. The van der Waals surface area contributed by atoms with E-state index in [2.05, 4.69) is 58.1 Å². The van der Waals surface area contributed by atoms with Gasteiger partial charge in [0.2, 0.25) is 0 Å². The van der Waals surface area contributed by atoms with Gasteiger partial charge in [0, 0.05) is 5.57 Å². The van der Waals surface area contributed by atoms with E-state index in [9.17, 15) is 5.11 Å². The minimum atomic E-state index is -2.00. The summed E-state index contributed by atoms with van der Waals surface area (Å²) in [6, 6.07) is 20.4. The molecule has 0 aliphatic heterocycles. The maximum absolute atomic E-state index is 11.2. The van der Waals surface area contributed by atoms with Gasteiger partial charge in [-0.25, -0.2) is 0 Å². The largest absolute Gasteiger partial charge is 0.517 e. The van der Waals surface area contributed by atoms with Gasteiger partial charge in [-0.2, -0.15) is 0 Å². The molecule has 0 unspecified atom stereocenters. The Balaban J connectivity index is 2.72. The first-order valence-electron chi connectivity index (χ1n) is 7.79. The molecule has 1 nitrogen and oxygen atoms in total. The van der Waals surface area contributed by atoms with Crippen LogP contribution in [-0.4, -0.2) is 13.2 Å². The third-order valence-electron chi connectivity index (χ3n) is 4.83. The lowest BCUT2D eigenvalue weighted by Crippen LogP contribution is -2.40. The second-order valence-corrected chi connectivity index (χ2v) is 12.6. The van der Waals surface area contributed by atoms with E-state index >= 15 is 0 Å². The van der Waals surface area contributed by atoms with Crippen LogP contribution in [0.25, 0.3) is 5.57 Å². The molecule has 0 radical (unpaired) electrons. The normalized spacial score (nSPS) is 12.0. The lowest BCUT2D eigenvalue weighted by Gasteiger charge is -2.37. The zero-order valence-electron chi connectivity index (χ0n) is 14.2. The van der Waals surface area contributed by atoms with E-state index in [-0.39, 0.29) is 5.04 Å². The highest BCUT2D eigenvalue weighted by molar-refractivity contribution is 6.87. The van der Waals surface area contributed by atoms with Crippen LogP contribution in [0.4, 0.5) is 0 Å². The van der Waals surface area contributed by atoms with Crippen molar-refractivity contribution in [1.82, 2.24) is 0 Å². The van der Waals surface area contributed by atoms with Crippen LogP contribution >= 0.6 is 0 Å². The van der Waals surface area contributed by atoms with Crippen molar-refractivity contribution < 1.29 is 5.11 Å². The minimum Gasteiger partial charge on any atom is -0.517 e. The van der Waals surface area contributed by atoms with E-state index in [1.54, 1.807) is 0 Å². The van der Waals surface area contributed by atoms with Crippen LogP contribution < -0.4 is 0 Å². The number of aliphatic hydroxyl groups excluding tert-OH is 1. The molecule has 22 heavy (non-hydrogen) atoms. The average molecular weight is 311 g/mol. The number of aliphatic hydroxyl groups is 1. The topological polar surface area (TPSA) is 20.2 Å². The van der Waals surface area contributed by atoms with Crippen LogP contribution in [0.3, 0.4) is 0 Å². The van der Waals surface area contributed by atoms with Crippen molar-refractivity contribution in [3.63, 3.8) is 0 Å². The first kappa shape index (κ1) is 16.6. The monoisotopic (exact) mass is 310 g/mol. The summed E-state index contributed by atoms with van der Waals surface area (Å²) in [6.45, 7) is 11.2. The summed E-state index contributed by atoms with van der Waals surface area (Å²) in [5.74, 6) is 0. The van der Waals surface area contributed by atoms with Gasteiger partial charge in [-0.3, -0.25) is 0 Å². The second kappa shape index (κ2) is 6.13. The van der Waals surface area contributed by atoms with Crippen molar-refractivity contribution in [2.45, 2.75) is 38.9 Å². The summed E-state index contributed by atoms with van der Waals surface area (Å²) in [5, 5.41) is 11.9. The van der Waals surface area contributed by atoms with E-state index in [0.717, 1.165) is 16.7 Å². The molecular formula is C20H26OSi. The molecule has 0 heterocycles. The maximum Gasteiger partial charge on any atom is 0.131 e. The van der Waals surface area contributed by atoms with Gasteiger partial charge in [-0.05, 0) is 16.2 Å². The Morgan fingerprint density at radius 3 is 1.45 bits per heavy atom. The van der Waals surface area contributed by atoms with Crippen LogP contribution in [0.1, 0.15) is 31.9 Å². The third kappa shape index (κ3) is 3.17. The molecule has 2 rings (SSSR count). The fraction of sp³-hybridized carbons (Fsp3) is 0.300. The predicted octanol–water partition coefficient (Wildman–Crippen LogP) is 6.05. The summed E-state index contributed by atoms with van der Waals surface area (Å²) in [7, 11) is -2.00. The van der Waals surface area contributed by atoms with E-state index in [0.29, 0.717) is 5.38 Å². The van der Waals surface area contributed by atoms with Crippen molar-refractivity contribution in [2.24, 2.45) is 0 Å². The van der Waals surface area contributed by atoms with Crippen LogP contribution in [-0.2, 0) is 0 Å². The van der Waals surface area contributed by atoms with Gasteiger partial charge in [-0.15, -0.1) is 0 Å². The Kier molecular flexibility index (Phi) is 4.62. The van der Waals surface area contributed by atoms with Gasteiger partial charge in [0.1, 0.15) is 8.07 Å². The van der Waals surface area contributed by atoms with E-state index in [1.807, 2.05) is 36.4 Å². The van der Waals surface area contributed by atoms with Gasteiger partial charge in [0.05, 0.1) is 5.38 Å². The molecule has 2 aromatic carbocycles. The van der Waals surface area contributed by atoms with E-state index < -0.39 is 8.07 Å². The lowest BCUT2D eigenvalue weighted by molar-refractivity contribution is 0.439. The molecule has 1 N–H and O–H groups in total. The molecule has 0 saturated heterocycles. The smallest absolute Gasteiger partial charge is 0.131 e. The van der Waals surface area contributed by atoms with Crippen LogP contribution in [0.15, 0.2) is 66.0 Å². The second-order valence-electron chi connectivity index (χ2n) is 7.33.